The first-order valence-corrected chi connectivity index (χ1v) is 8.00. The Balaban J connectivity index is 1.45. The largest absolute Gasteiger partial charge is 0.494 e. The monoisotopic (exact) mass is 298 g/mol. The molecule has 3 atom stereocenters. The fourth-order valence-corrected chi connectivity index (χ4v) is 3.33. The van der Waals surface area contributed by atoms with Crippen LogP contribution in [0.15, 0.2) is 42.5 Å². The van der Waals surface area contributed by atoms with Crippen molar-refractivity contribution < 1.29 is 14.3 Å². The molecule has 0 N–H and O–H groups in total. The van der Waals surface area contributed by atoms with Gasteiger partial charge in [0.1, 0.15) is 5.75 Å². The van der Waals surface area contributed by atoms with Gasteiger partial charge in [0.15, 0.2) is 0 Å². The number of rotatable bonds is 6. The molecule has 3 heteroatoms. The van der Waals surface area contributed by atoms with Crippen molar-refractivity contribution in [1.29, 1.82) is 0 Å². The van der Waals surface area contributed by atoms with Crippen LogP contribution in [0.3, 0.4) is 0 Å². The highest BCUT2D eigenvalue weighted by atomic mass is 16.5. The molecule has 116 valence electrons. The van der Waals surface area contributed by atoms with E-state index < -0.39 is 0 Å². The second-order valence-electron chi connectivity index (χ2n) is 6.01. The van der Waals surface area contributed by atoms with Gasteiger partial charge in [-0.2, -0.15) is 0 Å². The normalized spacial score (nSPS) is 25.8. The van der Waals surface area contributed by atoms with Gasteiger partial charge in [0, 0.05) is 6.08 Å². The summed E-state index contributed by atoms with van der Waals surface area (Å²) in [7, 11) is 0. The van der Waals surface area contributed by atoms with Crippen molar-refractivity contribution in [3.63, 3.8) is 0 Å². The molecule has 2 bridgehead atoms. The smallest absolute Gasteiger partial charge is 0.330 e. The van der Waals surface area contributed by atoms with Gasteiger partial charge in [-0.05, 0) is 61.3 Å². The second kappa shape index (κ2) is 6.82. The van der Waals surface area contributed by atoms with E-state index in [0.29, 0.717) is 31.0 Å². The lowest BCUT2D eigenvalue weighted by atomic mass is 9.95. The summed E-state index contributed by atoms with van der Waals surface area (Å²) in [4.78, 5) is 11.8. The summed E-state index contributed by atoms with van der Waals surface area (Å²) in [6, 6.07) is 7.65. The van der Waals surface area contributed by atoms with Crippen molar-refractivity contribution in [2.45, 2.75) is 19.8 Å². The van der Waals surface area contributed by atoms with Crippen molar-refractivity contribution in [1.82, 2.24) is 0 Å². The van der Waals surface area contributed by atoms with E-state index in [1.54, 1.807) is 6.08 Å². The molecule has 0 radical (unpaired) electrons. The number of carbonyl (C=O) groups excluding carboxylic acids is 1. The van der Waals surface area contributed by atoms with E-state index in [9.17, 15) is 4.79 Å². The first-order chi connectivity index (χ1) is 10.7. The van der Waals surface area contributed by atoms with Gasteiger partial charge in [0.2, 0.25) is 0 Å². The third-order valence-corrected chi connectivity index (χ3v) is 4.46. The molecule has 0 heterocycles. The highest BCUT2D eigenvalue weighted by molar-refractivity contribution is 5.87. The quantitative estimate of drug-likeness (QED) is 0.454. The number of carbonyl (C=O) groups is 1. The number of ether oxygens (including phenoxy) is 2. The van der Waals surface area contributed by atoms with E-state index in [1.807, 2.05) is 31.2 Å². The molecule has 1 saturated carbocycles. The van der Waals surface area contributed by atoms with Crippen molar-refractivity contribution in [3.05, 3.63) is 48.1 Å². The lowest BCUT2D eigenvalue weighted by Gasteiger charge is -2.17. The Bertz CT molecular complexity index is 571. The molecule has 0 aliphatic heterocycles. The van der Waals surface area contributed by atoms with Crippen LogP contribution in [0.2, 0.25) is 0 Å². The molecule has 1 aromatic rings. The first-order valence-electron chi connectivity index (χ1n) is 8.00. The van der Waals surface area contributed by atoms with Gasteiger partial charge >= 0.3 is 5.97 Å². The Morgan fingerprint density at radius 3 is 2.68 bits per heavy atom. The highest BCUT2D eigenvalue weighted by Crippen LogP contribution is 2.43. The molecular weight excluding hydrogens is 276 g/mol. The van der Waals surface area contributed by atoms with E-state index in [4.69, 9.17) is 9.47 Å². The van der Waals surface area contributed by atoms with Crippen LogP contribution in [-0.4, -0.2) is 19.2 Å². The number of hydrogen-bond acceptors (Lipinski definition) is 3. The summed E-state index contributed by atoms with van der Waals surface area (Å²) in [5.74, 6) is 2.42. The molecule has 0 amide bonds. The van der Waals surface area contributed by atoms with Crippen LogP contribution in [0, 0.1) is 17.8 Å². The third-order valence-electron chi connectivity index (χ3n) is 4.46. The minimum Gasteiger partial charge on any atom is -0.494 e. The zero-order chi connectivity index (χ0) is 15.4. The van der Waals surface area contributed by atoms with Gasteiger partial charge in [-0.15, -0.1) is 0 Å². The van der Waals surface area contributed by atoms with Crippen LogP contribution in [0.1, 0.15) is 25.3 Å². The molecule has 1 fully saturated rings. The zero-order valence-electron chi connectivity index (χ0n) is 12.9. The number of hydrogen-bond donors (Lipinski definition) is 0. The van der Waals surface area contributed by atoms with Crippen molar-refractivity contribution in [2.24, 2.45) is 17.8 Å². The van der Waals surface area contributed by atoms with Gasteiger partial charge < -0.3 is 9.47 Å². The maximum Gasteiger partial charge on any atom is 0.330 e. The lowest BCUT2D eigenvalue weighted by Crippen LogP contribution is -2.16. The standard InChI is InChI=1S/C19H22O3/c1-2-21-18-8-4-14(5-9-18)6-10-19(20)22-13-17-12-15-3-7-16(17)11-15/h3-10,15-17H,2,11-13H2,1H3. The molecule has 0 spiro atoms. The maximum atomic E-state index is 11.8. The van der Waals surface area contributed by atoms with E-state index in [0.717, 1.165) is 17.7 Å². The molecule has 3 nitrogen and oxygen atoms in total. The summed E-state index contributed by atoms with van der Waals surface area (Å²) in [5.41, 5.74) is 0.961. The van der Waals surface area contributed by atoms with Crippen LogP contribution in [0.4, 0.5) is 0 Å². The molecule has 0 aromatic heterocycles. The summed E-state index contributed by atoms with van der Waals surface area (Å²) < 4.78 is 10.8. The lowest BCUT2D eigenvalue weighted by molar-refractivity contribution is -0.139. The van der Waals surface area contributed by atoms with E-state index in [1.165, 1.54) is 12.5 Å². The summed E-state index contributed by atoms with van der Waals surface area (Å²) in [6.07, 6.45) is 10.3. The number of esters is 1. The van der Waals surface area contributed by atoms with Gasteiger partial charge in [-0.3, -0.25) is 0 Å². The highest BCUT2D eigenvalue weighted by Gasteiger charge is 2.35. The Labute approximate surface area is 131 Å². The van der Waals surface area contributed by atoms with Crippen LogP contribution in [0.5, 0.6) is 5.75 Å². The Morgan fingerprint density at radius 2 is 2.05 bits per heavy atom. The molecule has 1 aromatic carbocycles. The SMILES string of the molecule is CCOc1ccc(C=CC(=O)OCC2CC3C=CC2C3)cc1. The molecule has 22 heavy (non-hydrogen) atoms. The topological polar surface area (TPSA) is 35.5 Å². The third kappa shape index (κ3) is 3.59. The fourth-order valence-electron chi connectivity index (χ4n) is 3.33. The van der Waals surface area contributed by atoms with Gasteiger partial charge in [-0.25, -0.2) is 4.79 Å². The summed E-state index contributed by atoms with van der Waals surface area (Å²) in [5, 5.41) is 0. The van der Waals surface area contributed by atoms with Crippen molar-refractivity contribution in [3.8, 4) is 5.75 Å². The Kier molecular flexibility index (Phi) is 4.62. The Hall–Kier alpha value is -2.03. The molecule has 3 unspecified atom stereocenters. The molecule has 3 rings (SSSR count). The van der Waals surface area contributed by atoms with E-state index >= 15 is 0 Å². The van der Waals surface area contributed by atoms with Gasteiger partial charge in [0.05, 0.1) is 13.2 Å². The van der Waals surface area contributed by atoms with Crippen LogP contribution in [-0.2, 0) is 9.53 Å². The summed E-state index contributed by atoms with van der Waals surface area (Å²) in [6.45, 7) is 3.15. The average Bonchev–Trinajstić information content (AvgIpc) is 3.15. The van der Waals surface area contributed by atoms with Crippen molar-refractivity contribution in [2.75, 3.05) is 13.2 Å². The minimum atomic E-state index is -0.263. The van der Waals surface area contributed by atoms with Crippen LogP contribution >= 0.6 is 0 Å². The second-order valence-corrected chi connectivity index (χ2v) is 6.01. The predicted molar refractivity (Wildman–Crippen MR) is 86.4 cm³/mol. The minimum absolute atomic E-state index is 0.263. The van der Waals surface area contributed by atoms with Crippen molar-refractivity contribution >= 4 is 12.0 Å². The number of benzene rings is 1. The van der Waals surface area contributed by atoms with E-state index in [2.05, 4.69) is 12.2 Å². The van der Waals surface area contributed by atoms with Gasteiger partial charge in [0.25, 0.3) is 0 Å². The average molecular weight is 298 g/mol. The molecule has 2 aliphatic carbocycles. The fraction of sp³-hybridized carbons (Fsp3) is 0.421. The summed E-state index contributed by atoms with van der Waals surface area (Å²) >= 11 is 0. The number of allylic oxidation sites excluding steroid dienone is 2. The number of fused-ring (bicyclic) bond motifs is 2. The molecule has 0 saturated heterocycles. The van der Waals surface area contributed by atoms with E-state index in [-0.39, 0.29) is 5.97 Å². The zero-order valence-corrected chi connectivity index (χ0v) is 12.9. The predicted octanol–water partition coefficient (Wildman–Crippen LogP) is 3.85. The maximum absolute atomic E-state index is 11.8. The molecular formula is C19H22O3. The Morgan fingerprint density at radius 1 is 1.23 bits per heavy atom. The van der Waals surface area contributed by atoms with Crippen LogP contribution in [0.25, 0.3) is 6.08 Å². The first kappa shape index (κ1) is 14.9. The molecule has 2 aliphatic rings. The van der Waals surface area contributed by atoms with Gasteiger partial charge in [-0.1, -0.05) is 24.3 Å². The van der Waals surface area contributed by atoms with Crippen LogP contribution < -0.4 is 4.74 Å².